The fraction of sp³-hybridized carbons (Fsp3) is 0.364. The molecule has 0 saturated carbocycles. The maximum absolute atomic E-state index is 11.3. The Morgan fingerprint density at radius 1 is 1.36 bits per heavy atom. The van der Waals surface area contributed by atoms with Gasteiger partial charge in [0.1, 0.15) is 5.54 Å². The lowest BCUT2D eigenvalue weighted by Crippen LogP contribution is -2.44. The van der Waals surface area contributed by atoms with Crippen molar-refractivity contribution in [2.24, 2.45) is 0 Å². The lowest BCUT2D eigenvalue weighted by atomic mass is 9.88. The molecule has 2 rings (SSSR count). The summed E-state index contributed by atoms with van der Waals surface area (Å²) in [6, 6.07) is 9.38. The molecule has 0 bridgehead atoms. The number of aliphatic carboxylic acids is 1. The van der Waals surface area contributed by atoms with Crippen molar-refractivity contribution in [1.29, 1.82) is 0 Å². The van der Waals surface area contributed by atoms with Crippen LogP contribution in [0.4, 0.5) is 0 Å². The molecule has 74 valence electrons. The molecule has 1 aliphatic rings. The fourth-order valence-corrected chi connectivity index (χ4v) is 2.02. The first-order chi connectivity index (χ1) is 6.76. The smallest absolute Gasteiger partial charge is 0.328 e. The number of hydrogen-bond acceptors (Lipinski definition) is 2. The number of rotatable bonds is 2. The predicted octanol–water partition coefficient (Wildman–Crippen LogP) is 1.35. The van der Waals surface area contributed by atoms with Crippen LogP contribution in [0, 0.1) is 0 Å². The molecule has 1 fully saturated rings. The summed E-state index contributed by atoms with van der Waals surface area (Å²) >= 11 is 0. The number of carboxylic acids is 1. The van der Waals surface area contributed by atoms with Gasteiger partial charge in [-0.2, -0.15) is 0 Å². The van der Waals surface area contributed by atoms with E-state index in [2.05, 4.69) is 5.32 Å². The second kappa shape index (κ2) is 3.42. The van der Waals surface area contributed by atoms with Crippen LogP contribution in [0.1, 0.15) is 18.4 Å². The van der Waals surface area contributed by atoms with E-state index in [1.54, 1.807) is 0 Å². The molecule has 1 aliphatic heterocycles. The molecule has 0 radical (unpaired) electrons. The van der Waals surface area contributed by atoms with Crippen molar-refractivity contribution in [2.45, 2.75) is 18.4 Å². The molecule has 2 N–H and O–H groups in total. The van der Waals surface area contributed by atoms with E-state index >= 15 is 0 Å². The van der Waals surface area contributed by atoms with E-state index in [0.717, 1.165) is 18.5 Å². The third-order valence-electron chi connectivity index (χ3n) is 2.79. The Labute approximate surface area is 82.8 Å². The highest BCUT2D eigenvalue weighted by molar-refractivity contribution is 5.81. The lowest BCUT2D eigenvalue weighted by molar-refractivity contribution is -0.144. The van der Waals surface area contributed by atoms with E-state index in [4.69, 9.17) is 0 Å². The van der Waals surface area contributed by atoms with Crippen LogP contribution < -0.4 is 5.32 Å². The minimum absolute atomic E-state index is 0.673. The summed E-state index contributed by atoms with van der Waals surface area (Å²) in [4.78, 5) is 11.3. The zero-order chi connectivity index (χ0) is 10.0. The van der Waals surface area contributed by atoms with Crippen molar-refractivity contribution in [3.63, 3.8) is 0 Å². The van der Waals surface area contributed by atoms with Gasteiger partial charge in [0.05, 0.1) is 0 Å². The summed E-state index contributed by atoms with van der Waals surface area (Å²) in [5.41, 5.74) is 0.00588. The molecule has 0 unspecified atom stereocenters. The largest absolute Gasteiger partial charge is 0.480 e. The Balaban J connectivity index is 2.42. The van der Waals surface area contributed by atoms with Crippen LogP contribution in [0.2, 0.25) is 0 Å². The molecule has 1 aromatic rings. The Bertz CT molecular complexity index is 328. The molecule has 0 aliphatic carbocycles. The molecule has 0 amide bonds. The summed E-state index contributed by atoms with van der Waals surface area (Å²) in [5, 5.41) is 12.3. The SMILES string of the molecule is O=C(O)[C@]1(c2ccccc2)CCCN1. The van der Waals surface area contributed by atoms with Crippen molar-refractivity contribution in [2.75, 3.05) is 6.54 Å². The van der Waals surface area contributed by atoms with E-state index in [1.165, 1.54) is 0 Å². The van der Waals surface area contributed by atoms with Gasteiger partial charge in [0.25, 0.3) is 0 Å². The van der Waals surface area contributed by atoms with Crippen LogP contribution in [-0.4, -0.2) is 17.6 Å². The quantitative estimate of drug-likeness (QED) is 0.741. The van der Waals surface area contributed by atoms with Crippen LogP contribution in [0.5, 0.6) is 0 Å². The van der Waals surface area contributed by atoms with Crippen LogP contribution in [-0.2, 0) is 10.3 Å². The molecule has 0 aromatic heterocycles. The van der Waals surface area contributed by atoms with Crippen molar-refractivity contribution in [3.05, 3.63) is 35.9 Å². The van der Waals surface area contributed by atoms with Gasteiger partial charge >= 0.3 is 5.97 Å². The van der Waals surface area contributed by atoms with Gasteiger partial charge in [-0.05, 0) is 24.9 Å². The molecule has 3 nitrogen and oxygen atoms in total. The molecule has 3 heteroatoms. The number of hydrogen-bond donors (Lipinski definition) is 2. The first kappa shape index (κ1) is 9.21. The average molecular weight is 191 g/mol. The summed E-state index contributed by atoms with van der Waals surface area (Å²) < 4.78 is 0. The van der Waals surface area contributed by atoms with E-state index in [-0.39, 0.29) is 0 Å². The van der Waals surface area contributed by atoms with Crippen molar-refractivity contribution in [3.8, 4) is 0 Å². The van der Waals surface area contributed by atoms with E-state index in [1.807, 2.05) is 30.3 Å². The van der Waals surface area contributed by atoms with Crippen LogP contribution in [0.15, 0.2) is 30.3 Å². The second-order valence-electron chi connectivity index (χ2n) is 3.61. The Kier molecular flexibility index (Phi) is 2.25. The summed E-state index contributed by atoms with van der Waals surface area (Å²) in [7, 11) is 0. The highest BCUT2D eigenvalue weighted by Gasteiger charge is 2.42. The lowest BCUT2D eigenvalue weighted by Gasteiger charge is -2.24. The van der Waals surface area contributed by atoms with Gasteiger partial charge in [-0.3, -0.25) is 5.32 Å². The number of nitrogens with one attached hydrogen (secondary N) is 1. The van der Waals surface area contributed by atoms with Gasteiger partial charge in [-0.25, -0.2) is 4.79 Å². The standard InChI is InChI=1S/C11H13NO2/c13-10(14)11(7-4-8-12-11)9-5-2-1-3-6-9/h1-3,5-6,12H,4,7-8H2,(H,13,14)/t11-/m1/s1. The van der Waals surface area contributed by atoms with E-state index in [0.29, 0.717) is 6.42 Å². The zero-order valence-electron chi connectivity index (χ0n) is 7.86. The molecule has 14 heavy (non-hydrogen) atoms. The Morgan fingerprint density at radius 3 is 2.57 bits per heavy atom. The highest BCUT2D eigenvalue weighted by Crippen LogP contribution is 2.30. The minimum atomic E-state index is -0.846. The first-order valence-electron chi connectivity index (χ1n) is 4.80. The molecule has 0 spiro atoms. The maximum Gasteiger partial charge on any atom is 0.328 e. The number of benzene rings is 1. The van der Waals surface area contributed by atoms with Crippen molar-refractivity contribution >= 4 is 5.97 Å². The zero-order valence-corrected chi connectivity index (χ0v) is 7.86. The average Bonchev–Trinajstić information content (AvgIpc) is 2.69. The van der Waals surface area contributed by atoms with E-state index < -0.39 is 11.5 Å². The highest BCUT2D eigenvalue weighted by atomic mass is 16.4. The summed E-state index contributed by atoms with van der Waals surface area (Å²) in [6.45, 7) is 0.779. The van der Waals surface area contributed by atoms with Crippen LogP contribution in [0.3, 0.4) is 0 Å². The van der Waals surface area contributed by atoms with Gasteiger partial charge in [0.2, 0.25) is 0 Å². The Hall–Kier alpha value is -1.35. The molecule has 1 saturated heterocycles. The van der Waals surface area contributed by atoms with Crippen molar-refractivity contribution < 1.29 is 9.90 Å². The molecule has 1 heterocycles. The number of carboxylic acid groups (broad SMARTS) is 1. The molecular formula is C11H13NO2. The predicted molar refractivity (Wildman–Crippen MR) is 53.0 cm³/mol. The minimum Gasteiger partial charge on any atom is -0.480 e. The van der Waals surface area contributed by atoms with Crippen LogP contribution in [0.25, 0.3) is 0 Å². The molecule has 1 atom stereocenters. The fourth-order valence-electron chi connectivity index (χ4n) is 2.02. The first-order valence-corrected chi connectivity index (χ1v) is 4.80. The maximum atomic E-state index is 11.3. The van der Waals surface area contributed by atoms with Crippen molar-refractivity contribution in [1.82, 2.24) is 5.32 Å². The Morgan fingerprint density at radius 2 is 2.07 bits per heavy atom. The van der Waals surface area contributed by atoms with Crippen LogP contribution >= 0.6 is 0 Å². The third kappa shape index (κ3) is 1.30. The van der Waals surface area contributed by atoms with Gasteiger partial charge < -0.3 is 5.11 Å². The van der Waals surface area contributed by atoms with Gasteiger partial charge in [0.15, 0.2) is 0 Å². The summed E-state index contributed by atoms with van der Waals surface area (Å²) in [6.07, 6.45) is 1.59. The normalized spacial score (nSPS) is 26.3. The van der Waals surface area contributed by atoms with Gasteiger partial charge in [-0.1, -0.05) is 30.3 Å². The van der Waals surface area contributed by atoms with Gasteiger partial charge in [-0.15, -0.1) is 0 Å². The topological polar surface area (TPSA) is 49.3 Å². The number of carbonyl (C=O) groups is 1. The second-order valence-corrected chi connectivity index (χ2v) is 3.61. The monoisotopic (exact) mass is 191 g/mol. The van der Waals surface area contributed by atoms with Gasteiger partial charge in [0, 0.05) is 0 Å². The third-order valence-corrected chi connectivity index (χ3v) is 2.79. The molecule has 1 aromatic carbocycles. The molecular weight excluding hydrogens is 178 g/mol. The van der Waals surface area contributed by atoms with E-state index in [9.17, 15) is 9.90 Å². The summed E-state index contributed by atoms with van der Waals surface area (Å²) in [5.74, 6) is -0.777.